The molecule has 3 N–H and O–H groups in total. The Labute approximate surface area is 122 Å². The fourth-order valence-electron chi connectivity index (χ4n) is 2.06. The van der Waals surface area contributed by atoms with E-state index in [-0.39, 0.29) is 16.1 Å². The molecule has 0 spiro atoms. The molecular weight excluding hydrogens is 294 g/mol. The highest BCUT2D eigenvalue weighted by molar-refractivity contribution is 7.92. The summed E-state index contributed by atoms with van der Waals surface area (Å²) in [6, 6.07) is 4.36. The second-order valence-corrected chi connectivity index (χ2v) is 6.32. The number of aromatic nitrogens is 2. The second-order valence-electron chi connectivity index (χ2n) is 4.70. The quantitative estimate of drug-likeness (QED) is 0.797. The number of aromatic amines is 1. The highest BCUT2D eigenvalue weighted by Crippen LogP contribution is 2.22. The summed E-state index contributed by atoms with van der Waals surface area (Å²) in [5.41, 5.74) is 1.58. The van der Waals surface area contributed by atoms with E-state index >= 15 is 0 Å². The summed E-state index contributed by atoms with van der Waals surface area (Å²) in [5, 5.41) is 15.5. The Kier molecular flexibility index (Phi) is 3.73. The molecule has 0 saturated carbocycles. The summed E-state index contributed by atoms with van der Waals surface area (Å²) in [6.07, 6.45) is 0. The predicted octanol–water partition coefficient (Wildman–Crippen LogP) is 1.83. The monoisotopic (exact) mass is 309 g/mol. The third kappa shape index (κ3) is 2.89. The number of hydrogen-bond acceptors (Lipinski definition) is 4. The van der Waals surface area contributed by atoms with Crippen LogP contribution in [0.4, 0.5) is 5.69 Å². The molecule has 0 aliphatic carbocycles. The van der Waals surface area contributed by atoms with Gasteiger partial charge in [0.2, 0.25) is 0 Å². The number of nitrogens with one attached hydrogen (secondary N) is 2. The van der Waals surface area contributed by atoms with E-state index in [9.17, 15) is 13.2 Å². The lowest BCUT2D eigenvalue weighted by atomic mass is 10.1. The van der Waals surface area contributed by atoms with Crippen LogP contribution in [0.5, 0.6) is 0 Å². The molecule has 2 aromatic rings. The summed E-state index contributed by atoms with van der Waals surface area (Å²) >= 11 is 0. The lowest BCUT2D eigenvalue weighted by Crippen LogP contribution is -2.15. The first-order valence-electron chi connectivity index (χ1n) is 6.10. The summed E-state index contributed by atoms with van der Waals surface area (Å²) in [7, 11) is -3.82. The van der Waals surface area contributed by atoms with E-state index in [4.69, 9.17) is 5.11 Å². The first-order valence-corrected chi connectivity index (χ1v) is 7.59. The maximum atomic E-state index is 12.4. The topological polar surface area (TPSA) is 112 Å². The number of H-pyrrole nitrogens is 1. The van der Waals surface area contributed by atoms with Gasteiger partial charge in [0, 0.05) is 5.69 Å². The number of aryl methyl sites for hydroxylation is 3. The Bertz CT molecular complexity index is 789. The molecule has 0 aliphatic rings. The molecule has 0 amide bonds. The van der Waals surface area contributed by atoms with Crippen LogP contribution in [0.1, 0.15) is 27.3 Å². The van der Waals surface area contributed by atoms with Crippen LogP contribution in [0.15, 0.2) is 23.1 Å². The van der Waals surface area contributed by atoms with Gasteiger partial charge in [-0.25, -0.2) is 13.2 Å². The molecule has 0 saturated heterocycles. The highest BCUT2D eigenvalue weighted by atomic mass is 32.2. The molecule has 112 valence electrons. The Morgan fingerprint density at radius 1 is 1.29 bits per heavy atom. The van der Waals surface area contributed by atoms with Gasteiger partial charge in [-0.15, -0.1) is 0 Å². The Morgan fingerprint density at radius 3 is 2.48 bits per heavy atom. The Balaban J connectivity index is 2.42. The Morgan fingerprint density at radius 2 is 1.95 bits per heavy atom. The van der Waals surface area contributed by atoms with E-state index in [1.807, 2.05) is 0 Å². The van der Waals surface area contributed by atoms with E-state index in [2.05, 4.69) is 14.9 Å². The number of carbonyl (C=O) groups is 1. The van der Waals surface area contributed by atoms with Crippen molar-refractivity contribution in [2.45, 2.75) is 25.7 Å². The van der Waals surface area contributed by atoms with Crippen LogP contribution in [0.3, 0.4) is 0 Å². The number of carboxylic acid groups (broad SMARTS) is 1. The molecule has 0 aliphatic heterocycles. The third-order valence-corrected chi connectivity index (χ3v) is 4.69. The standard InChI is InChI=1S/C13H15N3O4S/c1-7-4-5-10(6-11(7)13(17)18)16-21(19,20)12-8(2)14-15-9(12)3/h4-6,16H,1-3H3,(H,14,15)(H,17,18). The van der Waals surface area contributed by atoms with Gasteiger partial charge in [-0.05, 0) is 38.5 Å². The van der Waals surface area contributed by atoms with E-state index < -0.39 is 16.0 Å². The molecule has 7 nitrogen and oxygen atoms in total. The van der Waals surface area contributed by atoms with Gasteiger partial charge in [0.15, 0.2) is 0 Å². The van der Waals surface area contributed by atoms with Crippen molar-refractivity contribution in [1.29, 1.82) is 0 Å². The summed E-state index contributed by atoms with van der Waals surface area (Å²) in [5.74, 6) is -1.11. The van der Waals surface area contributed by atoms with Crippen molar-refractivity contribution in [3.63, 3.8) is 0 Å². The first kappa shape index (κ1) is 15.0. The number of sulfonamides is 1. The molecule has 0 bridgehead atoms. The molecule has 0 unspecified atom stereocenters. The fraction of sp³-hybridized carbons (Fsp3) is 0.231. The van der Waals surface area contributed by atoms with E-state index in [0.717, 1.165) is 0 Å². The van der Waals surface area contributed by atoms with Gasteiger partial charge in [-0.2, -0.15) is 5.10 Å². The molecule has 21 heavy (non-hydrogen) atoms. The van der Waals surface area contributed by atoms with Crippen molar-refractivity contribution in [3.8, 4) is 0 Å². The first-order chi connectivity index (χ1) is 9.72. The minimum Gasteiger partial charge on any atom is -0.478 e. The molecule has 0 fully saturated rings. The number of anilines is 1. The van der Waals surface area contributed by atoms with Crippen LogP contribution in [0.25, 0.3) is 0 Å². The van der Waals surface area contributed by atoms with Gasteiger partial charge in [0.05, 0.1) is 17.0 Å². The van der Waals surface area contributed by atoms with Crippen molar-refractivity contribution in [2.24, 2.45) is 0 Å². The molecule has 0 atom stereocenters. The average molecular weight is 309 g/mol. The lowest BCUT2D eigenvalue weighted by Gasteiger charge is -2.10. The smallest absolute Gasteiger partial charge is 0.336 e. The maximum Gasteiger partial charge on any atom is 0.336 e. The van der Waals surface area contributed by atoms with E-state index in [0.29, 0.717) is 17.0 Å². The van der Waals surface area contributed by atoms with E-state index in [1.165, 1.54) is 12.1 Å². The van der Waals surface area contributed by atoms with Gasteiger partial charge < -0.3 is 5.11 Å². The number of nitrogens with zero attached hydrogens (tertiary/aromatic N) is 1. The fourth-order valence-corrected chi connectivity index (χ4v) is 3.48. The van der Waals surface area contributed by atoms with Gasteiger partial charge in [-0.3, -0.25) is 9.82 Å². The van der Waals surface area contributed by atoms with Gasteiger partial charge >= 0.3 is 5.97 Å². The van der Waals surface area contributed by atoms with Crippen molar-refractivity contribution in [1.82, 2.24) is 10.2 Å². The van der Waals surface area contributed by atoms with Crippen LogP contribution in [0, 0.1) is 20.8 Å². The third-order valence-electron chi connectivity index (χ3n) is 3.05. The average Bonchev–Trinajstić information content (AvgIpc) is 2.71. The van der Waals surface area contributed by atoms with Crippen molar-refractivity contribution >= 4 is 21.7 Å². The SMILES string of the molecule is Cc1ccc(NS(=O)(=O)c2c(C)n[nH]c2C)cc1C(=O)O. The molecule has 1 aromatic carbocycles. The molecule has 0 radical (unpaired) electrons. The highest BCUT2D eigenvalue weighted by Gasteiger charge is 2.22. The number of benzene rings is 1. The maximum absolute atomic E-state index is 12.4. The van der Waals surface area contributed by atoms with E-state index in [1.54, 1.807) is 26.8 Å². The summed E-state index contributed by atoms with van der Waals surface area (Å²) in [6.45, 7) is 4.83. The van der Waals surface area contributed by atoms with Crippen LogP contribution < -0.4 is 4.72 Å². The van der Waals surface area contributed by atoms with Crippen molar-refractivity contribution in [3.05, 3.63) is 40.7 Å². The molecule has 1 heterocycles. The predicted molar refractivity (Wildman–Crippen MR) is 77.0 cm³/mol. The summed E-state index contributed by atoms with van der Waals surface area (Å²) in [4.78, 5) is 11.2. The molecular formula is C13H15N3O4S. The number of hydrogen-bond donors (Lipinski definition) is 3. The number of rotatable bonds is 4. The minimum absolute atomic E-state index is 0.0517. The van der Waals surface area contributed by atoms with Gasteiger partial charge in [-0.1, -0.05) is 6.07 Å². The lowest BCUT2D eigenvalue weighted by molar-refractivity contribution is 0.0696. The zero-order chi connectivity index (χ0) is 15.8. The largest absolute Gasteiger partial charge is 0.478 e. The molecule has 1 aromatic heterocycles. The van der Waals surface area contributed by atoms with Gasteiger partial charge in [0.25, 0.3) is 10.0 Å². The van der Waals surface area contributed by atoms with Crippen LogP contribution in [-0.2, 0) is 10.0 Å². The molecule has 8 heteroatoms. The van der Waals surface area contributed by atoms with Gasteiger partial charge in [0.1, 0.15) is 4.90 Å². The normalized spacial score (nSPS) is 11.4. The second kappa shape index (κ2) is 5.21. The number of carboxylic acids is 1. The Hall–Kier alpha value is -2.35. The van der Waals surface area contributed by atoms with Crippen LogP contribution >= 0.6 is 0 Å². The van der Waals surface area contributed by atoms with Crippen LogP contribution in [-0.4, -0.2) is 29.7 Å². The van der Waals surface area contributed by atoms with Crippen molar-refractivity contribution < 1.29 is 18.3 Å². The summed E-state index contributed by atoms with van der Waals surface area (Å²) < 4.78 is 27.1. The number of aromatic carboxylic acids is 1. The zero-order valence-corrected chi connectivity index (χ0v) is 12.6. The van der Waals surface area contributed by atoms with Crippen molar-refractivity contribution in [2.75, 3.05) is 4.72 Å². The molecule has 2 rings (SSSR count). The van der Waals surface area contributed by atoms with Crippen LogP contribution in [0.2, 0.25) is 0 Å². The zero-order valence-electron chi connectivity index (χ0n) is 11.8. The minimum atomic E-state index is -3.82.